The second-order valence-electron chi connectivity index (χ2n) is 6.53. The molecule has 0 aromatic heterocycles. The van der Waals surface area contributed by atoms with Gasteiger partial charge in [0.15, 0.2) is 0 Å². The van der Waals surface area contributed by atoms with E-state index in [2.05, 4.69) is 24.1 Å². The Morgan fingerprint density at radius 2 is 1.96 bits per heavy atom. The number of amides is 1. The molecule has 2 rings (SSSR count). The first-order valence-electron chi connectivity index (χ1n) is 7.86. The molecule has 4 nitrogen and oxygen atoms in total. The number of nitrogens with two attached hydrogens (primary N) is 1. The van der Waals surface area contributed by atoms with Gasteiger partial charge in [0.05, 0.1) is 6.42 Å². The lowest BCUT2D eigenvalue weighted by atomic mass is 10.1. The van der Waals surface area contributed by atoms with Crippen molar-refractivity contribution in [1.29, 1.82) is 0 Å². The summed E-state index contributed by atoms with van der Waals surface area (Å²) in [4.78, 5) is 14.5. The van der Waals surface area contributed by atoms with E-state index in [-0.39, 0.29) is 30.7 Å². The van der Waals surface area contributed by atoms with Gasteiger partial charge in [-0.25, -0.2) is 0 Å². The van der Waals surface area contributed by atoms with Crippen LogP contribution in [0, 0.1) is 11.8 Å². The predicted molar refractivity (Wildman–Crippen MR) is 101 cm³/mol. The minimum absolute atomic E-state index is 0. The topological polar surface area (TPSA) is 58.4 Å². The molecular weight excluding hydrogens is 333 g/mol. The first kappa shape index (κ1) is 22.0. The van der Waals surface area contributed by atoms with Crippen LogP contribution < -0.4 is 11.1 Å². The van der Waals surface area contributed by atoms with Gasteiger partial charge in [0.25, 0.3) is 0 Å². The van der Waals surface area contributed by atoms with E-state index < -0.39 is 0 Å². The SMILES string of the molecule is CC(C)CN1CCC(CNC(=O)Cc2ccc(N)cc2)C1.Cl.Cl. The van der Waals surface area contributed by atoms with E-state index in [1.807, 2.05) is 24.3 Å². The summed E-state index contributed by atoms with van der Waals surface area (Å²) in [6.07, 6.45) is 1.62. The molecule has 0 bridgehead atoms. The van der Waals surface area contributed by atoms with Gasteiger partial charge in [0.2, 0.25) is 5.91 Å². The fourth-order valence-corrected chi connectivity index (χ4v) is 2.90. The van der Waals surface area contributed by atoms with E-state index in [0.29, 0.717) is 18.3 Å². The Balaban J connectivity index is 0.00000242. The zero-order chi connectivity index (χ0) is 15.2. The molecule has 1 aliphatic heterocycles. The van der Waals surface area contributed by atoms with Gasteiger partial charge in [0, 0.05) is 25.3 Å². The van der Waals surface area contributed by atoms with Crippen LogP contribution in [-0.2, 0) is 11.2 Å². The van der Waals surface area contributed by atoms with Gasteiger partial charge in [-0.3, -0.25) is 4.79 Å². The molecule has 0 saturated carbocycles. The molecule has 0 spiro atoms. The highest BCUT2D eigenvalue weighted by Gasteiger charge is 2.22. The monoisotopic (exact) mass is 361 g/mol. The van der Waals surface area contributed by atoms with Gasteiger partial charge < -0.3 is 16.0 Å². The van der Waals surface area contributed by atoms with Crippen molar-refractivity contribution in [1.82, 2.24) is 10.2 Å². The minimum Gasteiger partial charge on any atom is -0.399 e. The number of carbonyl (C=O) groups excluding carboxylic acids is 1. The molecule has 1 aromatic carbocycles. The van der Waals surface area contributed by atoms with Gasteiger partial charge >= 0.3 is 0 Å². The number of nitrogen functional groups attached to an aromatic ring is 1. The molecule has 1 fully saturated rings. The molecule has 1 saturated heterocycles. The number of nitrogens with one attached hydrogen (secondary N) is 1. The number of hydrogen-bond donors (Lipinski definition) is 2. The molecule has 1 atom stereocenters. The second kappa shape index (κ2) is 10.7. The zero-order valence-corrected chi connectivity index (χ0v) is 15.6. The smallest absolute Gasteiger partial charge is 0.224 e. The third kappa shape index (κ3) is 7.91. The molecule has 1 unspecified atom stereocenters. The summed E-state index contributed by atoms with van der Waals surface area (Å²) in [5.41, 5.74) is 7.38. The molecule has 6 heteroatoms. The number of halogens is 2. The lowest BCUT2D eigenvalue weighted by Gasteiger charge is -2.18. The second-order valence-corrected chi connectivity index (χ2v) is 6.53. The highest BCUT2D eigenvalue weighted by atomic mass is 35.5. The first-order valence-corrected chi connectivity index (χ1v) is 7.86. The maximum Gasteiger partial charge on any atom is 0.224 e. The summed E-state index contributed by atoms with van der Waals surface area (Å²) in [5, 5.41) is 3.06. The van der Waals surface area contributed by atoms with Gasteiger partial charge in [-0.2, -0.15) is 0 Å². The predicted octanol–water partition coefficient (Wildman–Crippen LogP) is 2.75. The van der Waals surface area contributed by atoms with Crippen LogP contribution in [0.15, 0.2) is 24.3 Å². The van der Waals surface area contributed by atoms with Gasteiger partial charge in [-0.15, -0.1) is 24.8 Å². The van der Waals surface area contributed by atoms with E-state index in [4.69, 9.17) is 5.73 Å². The number of carbonyl (C=O) groups is 1. The van der Waals surface area contributed by atoms with E-state index in [9.17, 15) is 4.79 Å². The maximum absolute atomic E-state index is 12.0. The Morgan fingerprint density at radius 3 is 2.57 bits per heavy atom. The average Bonchev–Trinajstić information content (AvgIpc) is 2.86. The van der Waals surface area contributed by atoms with Crippen molar-refractivity contribution in [2.24, 2.45) is 11.8 Å². The Kier molecular flexibility index (Phi) is 10.3. The van der Waals surface area contributed by atoms with Crippen LogP contribution >= 0.6 is 24.8 Å². The number of likely N-dealkylation sites (tertiary alicyclic amines) is 1. The number of hydrogen-bond acceptors (Lipinski definition) is 3. The number of rotatable bonds is 6. The van der Waals surface area contributed by atoms with Crippen molar-refractivity contribution < 1.29 is 4.79 Å². The largest absolute Gasteiger partial charge is 0.399 e. The fraction of sp³-hybridized carbons (Fsp3) is 0.588. The molecule has 0 aliphatic carbocycles. The quantitative estimate of drug-likeness (QED) is 0.765. The fourth-order valence-electron chi connectivity index (χ4n) is 2.90. The van der Waals surface area contributed by atoms with Crippen molar-refractivity contribution in [2.45, 2.75) is 26.7 Å². The molecule has 1 aromatic rings. The highest BCUT2D eigenvalue weighted by Crippen LogP contribution is 2.16. The molecule has 0 radical (unpaired) electrons. The highest BCUT2D eigenvalue weighted by molar-refractivity contribution is 5.85. The summed E-state index contributed by atoms with van der Waals surface area (Å²) >= 11 is 0. The van der Waals surface area contributed by atoms with Gasteiger partial charge in [-0.1, -0.05) is 26.0 Å². The lowest BCUT2D eigenvalue weighted by Crippen LogP contribution is -2.32. The van der Waals surface area contributed by atoms with Crippen molar-refractivity contribution in [3.63, 3.8) is 0 Å². The Hall–Kier alpha value is -0.970. The zero-order valence-electron chi connectivity index (χ0n) is 14.0. The molecular formula is C17H29Cl2N3O. The molecule has 23 heavy (non-hydrogen) atoms. The standard InChI is InChI=1S/C17H27N3O.2ClH/c1-13(2)11-20-8-7-15(12-20)10-19-17(21)9-14-3-5-16(18)6-4-14;;/h3-6,13,15H,7-12,18H2,1-2H3,(H,19,21);2*1H. The van der Waals surface area contributed by atoms with Crippen LogP contribution in [0.5, 0.6) is 0 Å². The molecule has 1 amide bonds. The van der Waals surface area contributed by atoms with Crippen LogP contribution in [0.25, 0.3) is 0 Å². The van der Waals surface area contributed by atoms with Crippen LogP contribution in [0.4, 0.5) is 5.69 Å². The normalized spacial score (nSPS) is 17.4. The van der Waals surface area contributed by atoms with E-state index >= 15 is 0 Å². The minimum atomic E-state index is 0. The van der Waals surface area contributed by atoms with Crippen LogP contribution in [-0.4, -0.2) is 37.0 Å². The Bertz CT molecular complexity index is 465. The molecule has 132 valence electrons. The number of anilines is 1. The third-order valence-corrected chi connectivity index (χ3v) is 3.93. The molecule has 1 aliphatic rings. The number of benzene rings is 1. The summed E-state index contributed by atoms with van der Waals surface area (Å²) in [6.45, 7) is 8.73. The summed E-state index contributed by atoms with van der Waals surface area (Å²) < 4.78 is 0. The van der Waals surface area contributed by atoms with Crippen LogP contribution in [0.1, 0.15) is 25.8 Å². The van der Waals surface area contributed by atoms with E-state index in [0.717, 1.165) is 37.4 Å². The first-order chi connectivity index (χ1) is 10.0. The number of nitrogens with zero attached hydrogens (tertiary/aromatic N) is 1. The lowest BCUT2D eigenvalue weighted by molar-refractivity contribution is -0.120. The summed E-state index contributed by atoms with van der Waals surface area (Å²) in [5.74, 6) is 1.41. The van der Waals surface area contributed by atoms with Crippen molar-refractivity contribution in [3.05, 3.63) is 29.8 Å². The summed E-state index contributed by atoms with van der Waals surface area (Å²) in [6, 6.07) is 7.50. The van der Waals surface area contributed by atoms with Crippen LogP contribution in [0.3, 0.4) is 0 Å². The van der Waals surface area contributed by atoms with Crippen molar-refractivity contribution in [2.75, 3.05) is 31.9 Å². The average molecular weight is 362 g/mol. The van der Waals surface area contributed by atoms with Crippen molar-refractivity contribution in [3.8, 4) is 0 Å². The summed E-state index contributed by atoms with van der Waals surface area (Å²) in [7, 11) is 0. The molecule has 3 N–H and O–H groups in total. The maximum atomic E-state index is 12.0. The molecule has 1 heterocycles. The van der Waals surface area contributed by atoms with E-state index in [1.165, 1.54) is 6.42 Å². The van der Waals surface area contributed by atoms with E-state index in [1.54, 1.807) is 0 Å². The van der Waals surface area contributed by atoms with Crippen molar-refractivity contribution >= 4 is 36.4 Å². The van der Waals surface area contributed by atoms with Gasteiger partial charge in [-0.05, 0) is 42.5 Å². The Morgan fingerprint density at radius 1 is 1.30 bits per heavy atom. The third-order valence-electron chi connectivity index (χ3n) is 3.93. The Labute approximate surface area is 152 Å². The van der Waals surface area contributed by atoms with Gasteiger partial charge in [0.1, 0.15) is 0 Å². The van der Waals surface area contributed by atoms with Crippen LogP contribution in [0.2, 0.25) is 0 Å².